The lowest BCUT2D eigenvalue weighted by Crippen LogP contribution is -2.30. The molecular weight excluding hydrogens is 715 g/mol. The second kappa shape index (κ2) is 40.5. The van der Waals surface area contributed by atoms with Crippen LogP contribution in [0.2, 0.25) is 0 Å². The van der Waals surface area contributed by atoms with Crippen molar-refractivity contribution in [1.82, 2.24) is 15.5 Å². The predicted octanol–water partition coefficient (Wildman–Crippen LogP) is 12.3. The number of carbonyl (C=O) groups excluding carboxylic acids is 3. The number of rotatable bonds is 43. The van der Waals surface area contributed by atoms with E-state index in [0.717, 1.165) is 148 Å². The third kappa shape index (κ3) is 34.4. The summed E-state index contributed by atoms with van der Waals surface area (Å²) < 4.78 is 17.9. The first-order valence-electron chi connectivity index (χ1n) is 24.0. The van der Waals surface area contributed by atoms with E-state index in [9.17, 15) is 14.4 Å². The van der Waals surface area contributed by atoms with Crippen molar-refractivity contribution < 1.29 is 28.6 Å². The summed E-state index contributed by atoms with van der Waals surface area (Å²) in [6.07, 6.45) is 42.1. The van der Waals surface area contributed by atoms with Gasteiger partial charge in [0.1, 0.15) is 6.04 Å². The Labute approximate surface area is 350 Å². The monoisotopic (exact) mass is 804 g/mol. The first-order chi connectivity index (χ1) is 28.0. The van der Waals surface area contributed by atoms with Crippen LogP contribution in [0.5, 0.6) is 0 Å². The Hall–Kier alpha value is -2.23. The number of nitrogens with one attached hydrogen (secondary N) is 2. The maximum atomic E-state index is 12.1. The van der Waals surface area contributed by atoms with Gasteiger partial charge in [0.15, 0.2) is 6.29 Å². The van der Waals surface area contributed by atoms with Gasteiger partial charge in [0.25, 0.3) is 5.91 Å². The van der Waals surface area contributed by atoms with Crippen molar-refractivity contribution in [3.63, 3.8) is 0 Å². The third-order valence-corrected chi connectivity index (χ3v) is 10.8. The third-order valence-electron chi connectivity index (χ3n) is 10.8. The van der Waals surface area contributed by atoms with Gasteiger partial charge < -0.3 is 24.4 Å². The number of hydrogen-bond donors (Lipinski definition) is 2. The smallest absolute Gasteiger partial charge is 0.322 e. The molecule has 1 heterocycles. The van der Waals surface area contributed by atoms with Crippen LogP contribution in [0.15, 0.2) is 24.3 Å². The number of urea groups is 1. The fraction of sp³-hybridized carbons (Fsp3) is 0.854. The standard InChI is InChI=1S/C48H89N3O6/c1-4-7-10-13-16-25-32-41-55-45(52)36-26-19-17-21-29-38-51(40-31-28-35-44-47(53)50-48(54)49-44)39-30-22-18-20-27-37-46(56-42-33-23-14-11-8-5-2)57-43-34-24-15-12-9-6-3/h8-9,11-12,44,46H,4-7,10,13-43H2,1-3H3,(H2,49,50,53,54)/b11-8-,12-9-. The van der Waals surface area contributed by atoms with Crippen molar-refractivity contribution in [3.05, 3.63) is 24.3 Å². The molecule has 1 atom stereocenters. The van der Waals surface area contributed by atoms with E-state index in [0.29, 0.717) is 19.4 Å². The van der Waals surface area contributed by atoms with Crippen molar-refractivity contribution in [1.29, 1.82) is 0 Å². The zero-order valence-corrected chi connectivity index (χ0v) is 37.3. The molecule has 0 aromatic heterocycles. The molecule has 9 nitrogen and oxygen atoms in total. The van der Waals surface area contributed by atoms with Gasteiger partial charge in [-0.25, -0.2) is 4.79 Å². The average Bonchev–Trinajstić information content (AvgIpc) is 3.53. The molecule has 0 aromatic carbocycles. The van der Waals surface area contributed by atoms with Gasteiger partial charge in [0, 0.05) is 19.6 Å². The molecule has 0 aromatic rings. The Kier molecular flexibility index (Phi) is 37.5. The molecule has 332 valence electrons. The molecule has 1 unspecified atom stereocenters. The van der Waals surface area contributed by atoms with Gasteiger partial charge in [0.2, 0.25) is 0 Å². The summed E-state index contributed by atoms with van der Waals surface area (Å²) in [7, 11) is 0. The summed E-state index contributed by atoms with van der Waals surface area (Å²) in [5.41, 5.74) is 0. The zero-order valence-electron chi connectivity index (χ0n) is 37.3. The second-order valence-corrected chi connectivity index (χ2v) is 16.2. The fourth-order valence-corrected chi connectivity index (χ4v) is 7.25. The van der Waals surface area contributed by atoms with Crippen molar-refractivity contribution in [2.75, 3.05) is 39.5 Å². The number of ether oxygens (including phenoxy) is 3. The Morgan fingerprint density at radius 3 is 1.67 bits per heavy atom. The van der Waals surface area contributed by atoms with Crippen LogP contribution in [0, 0.1) is 0 Å². The summed E-state index contributed by atoms with van der Waals surface area (Å²) >= 11 is 0. The van der Waals surface area contributed by atoms with Crippen molar-refractivity contribution >= 4 is 17.9 Å². The summed E-state index contributed by atoms with van der Waals surface area (Å²) in [5.74, 6) is -0.236. The lowest BCUT2D eigenvalue weighted by Gasteiger charge is -2.23. The maximum Gasteiger partial charge on any atom is 0.322 e. The largest absolute Gasteiger partial charge is 0.466 e. The highest BCUT2D eigenvalue weighted by Gasteiger charge is 2.28. The number of allylic oxidation sites excluding steroid dienone is 4. The zero-order chi connectivity index (χ0) is 41.3. The molecule has 1 fully saturated rings. The molecule has 1 rings (SSSR count). The van der Waals surface area contributed by atoms with E-state index in [-0.39, 0.29) is 30.2 Å². The minimum Gasteiger partial charge on any atom is -0.466 e. The maximum absolute atomic E-state index is 12.1. The van der Waals surface area contributed by atoms with E-state index in [1.807, 2.05) is 0 Å². The van der Waals surface area contributed by atoms with E-state index in [4.69, 9.17) is 14.2 Å². The summed E-state index contributed by atoms with van der Waals surface area (Å²) in [6.45, 7) is 11.9. The van der Waals surface area contributed by atoms with Crippen molar-refractivity contribution in [3.8, 4) is 0 Å². The van der Waals surface area contributed by atoms with Gasteiger partial charge in [-0.2, -0.15) is 0 Å². The molecule has 57 heavy (non-hydrogen) atoms. The molecule has 0 bridgehead atoms. The highest BCUT2D eigenvalue weighted by atomic mass is 16.7. The molecule has 0 aliphatic carbocycles. The quantitative estimate of drug-likeness (QED) is 0.0208. The van der Waals surface area contributed by atoms with E-state index in [1.54, 1.807) is 0 Å². The number of hydrogen-bond acceptors (Lipinski definition) is 7. The number of imide groups is 1. The lowest BCUT2D eigenvalue weighted by atomic mass is 10.1. The van der Waals surface area contributed by atoms with Crippen molar-refractivity contribution in [2.45, 2.75) is 226 Å². The van der Waals surface area contributed by atoms with Crippen LogP contribution in [-0.2, 0) is 23.8 Å². The lowest BCUT2D eigenvalue weighted by molar-refractivity contribution is -0.148. The van der Waals surface area contributed by atoms with Gasteiger partial charge in [-0.15, -0.1) is 0 Å². The topological polar surface area (TPSA) is 106 Å². The highest BCUT2D eigenvalue weighted by Crippen LogP contribution is 2.15. The van der Waals surface area contributed by atoms with Gasteiger partial charge in [-0.05, 0) is 129 Å². The van der Waals surface area contributed by atoms with Gasteiger partial charge >= 0.3 is 12.0 Å². The van der Waals surface area contributed by atoms with E-state index < -0.39 is 0 Å². The second-order valence-electron chi connectivity index (χ2n) is 16.2. The molecule has 1 saturated heterocycles. The van der Waals surface area contributed by atoms with Crippen molar-refractivity contribution in [2.24, 2.45) is 0 Å². The van der Waals surface area contributed by atoms with E-state index >= 15 is 0 Å². The molecule has 3 amide bonds. The Morgan fingerprint density at radius 2 is 1.11 bits per heavy atom. The van der Waals surface area contributed by atoms with Crippen LogP contribution < -0.4 is 10.6 Å². The minimum absolute atomic E-state index is 0.0358. The molecule has 0 spiro atoms. The van der Waals surface area contributed by atoms with E-state index in [2.05, 4.69) is 60.6 Å². The fourth-order valence-electron chi connectivity index (χ4n) is 7.25. The van der Waals surface area contributed by atoms with Gasteiger partial charge in [0.05, 0.1) is 6.61 Å². The Bertz CT molecular complexity index is 981. The molecule has 2 N–H and O–H groups in total. The SMILES string of the molecule is CC/C=C\CCCCOC(CCCCCCCN(CCCCCCCC(=O)OCCCCCCCCC)CCCCC1NC(=O)NC1=O)OCCCC/C=C\CC. The summed E-state index contributed by atoms with van der Waals surface area (Å²) in [5, 5.41) is 5.07. The molecule has 0 radical (unpaired) electrons. The van der Waals surface area contributed by atoms with Gasteiger partial charge in [-0.3, -0.25) is 14.9 Å². The number of unbranched alkanes of at least 4 members (excludes halogenated alkanes) is 19. The minimum atomic E-state index is -0.389. The van der Waals surface area contributed by atoms with Crippen LogP contribution in [0.4, 0.5) is 4.79 Å². The Morgan fingerprint density at radius 1 is 0.596 bits per heavy atom. The summed E-state index contributed by atoms with van der Waals surface area (Å²) in [4.78, 5) is 38.2. The van der Waals surface area contributed by atoms with Crippen LogP contribution >= 0.6 is 0 Å². The van der Waals surface area contributed by atoms with Crippen LogP contribution in [0.25, 0.3) is 0 Å². The van der Waals surface area contributed by atoms with Crippen LogP contribution in [0.1, 0.15) is 213 Å². The van der Waals surface area contributed by atoms with Crippen LogP contribution in [0.3, 0.4) is 0 Å². The first kappa shape index (κ1) is 52.8. The summed E-state index contributed by atoms with van der Waals surface area (Å²) in [6, 6.07) is -0.764. The first-order valence-corrected chi connectivity index (χ1v) is 24.0. The number of amides is 3. The number of carbonyl (C=O) groups is 3. The van der Waals surface area contributed by atoms with Crippen LogP contribution in [-0.4, -0.2) is 74.6 Å². The van der Waals surface area contributed by atoms with Gasteiger partial charge in [-0.1, -0.05) is 122 Å². The average molecular weight is 804 g/mol. The highest BCUT2D eigenvalue weighted by molar-refractivity contribution is 6.04. The predicted molar refractivity (Wildman–Crippen MR) is 237 cm³/mol. The molecular formula is C48H89N3O6. The Balaban J connectivity index is 2.33. The molecule has 0 saturated carbocycles. The number of nitrogens with zero attached hydrogens (tertiary/aromatic N) is 1. The molecule has 1 aliphatic rings. The number of esters is 1. The molecule has 9 heteroatoms. The van der Waals surface area contributed by atoms with E-state index in [1.165, 1.54) is 64.2 Å². The normalized spacial score (nSPS) is 14.5. The molecule has 1 aliphatic heterocycles.